The van der Waals surface area contributed by atoms with E-state index in [2.05, 4.69) is 91.2 Å². The van der Waals surface area contributed by atoms with Crippen molar-refractivity contribution in [3.05, 3.63) is 70.5 Å². The first-order valence-corrected chi connectivity index (χ1v) is 12.6. The standard InChI is InChI=1S/2C9H13.2C6H12N.2ClH.2Ti/c2*1-6-5-7(2)9(4)8(6)3;2*1-2-7-5-3-4-6-7;;;;/h2*5H,1-4H3;2*1-6H2;2*1H;;/q4*-1;;;2*+3/p-2. The second kappa shape index (κ2) is 23.5. The fraction of sp³-hybridized carbons (Fsp3) is 0.600. The van der Waals surface area contributed by atoms with E-state index in [-0.39, 0.29) is 68.2 Å². The van der Waals surface area contributed by atoms with Gasteiger partial charge in [0.15, 0.2) is 0 Å². The molecule has 0 spiro atoms. The van der Waals surface area contributed by atoms with Crippen LogP contribution in [0.2, 0.25) is 0 Å². The van der Waals surface area contributed by atoms with Crippen molar-refractivity contribution in [3.63, 3.8) is 0 Å². The Morgan fingerprint density at radius 1 is 0.500 bits per heavy atom. The average molecular weight is 605 g/mol. The Balaban J connectivity index is -0.000000184. The predicted molar refractivity (Wildman–Crippen MR) is 144 cm³/mol. The summed E-state index contributed by atoms with van der Waals surface area (Å²) in [6, 6.07) is 4.48. The Bertz CT molecular complexity index is 676. The molecule has 36 heavy (non-hydrogen) atoms. The van der Waals surface area contributed by atoms with Crippen molar-refractivity contribution in [3.8, 4) is 0 Å². The van der Waals surface area contributed by atoms with E-state index in [9.17, 15) is 0 Å². The van der Waals surface area contributed by atoms with Crippen molar-refractivity contribution in [1.29, 1.82) is 0 Å². The van der Waals surface area contributed by atoms with E-state index >= 15 is 0 Å². The van der Waals surface area contributed by atoms with Crippen molar-refractivity contribution in [2.45, 2.75) is 81.1 Å². The summed E-state index contributed by atoms with van der Waals surface area (Å²) in [6.07, 6.45) is 5.54. The minimum atomic E-state index is 0. The minimum absolute atomic E-state index is 0. The van der Waals surface area contributed by atoms with E-state index in [0.29, 0.717) is 0 Å². The van der Waals surface area contributed by atoms with Crippen LogP contribution in [0.1, 0.15) is 70.2 Å². The third-order valence-corrected chi connectivity index (χ3v) is 7.39. The van der Waals surface area contributed by atoms with Gasteiger partial charge >= 0.3 is 43.4 Å². The molecule has 0 aliphatic carbocycles. The van der Waals surface area contributed by atoms with Crippen LogP contribution in [0.5, 0.6) is 0 Å². The molecule has 2 saturated heterocycles. The van der Waals surface area contributed by atoms with Crippen LogP contribution in [-0.2, 0) is 43.4 Å². The minimum Gasteiger partial charge on any atom is -1.00 e. The number of hydrogen-bond acceptors (Lipinski definition) is 2. The third-order valence-electron chi connectivity index (χ3n) is 7.39. The summed E-state index contributed by atoms with van der Waals surface area (Å²) < 4.78 is 0. The van der Waals surface area contributed by atoms with E-state index in [4.69, 9.17) is 0 Å². The first-order valence-electron chi connectivity index (χ1n) is 12.6. The van der Waals surface area contributed by atoms with Gasteiger partial charge in [0.05, 0.1) is 0 Å². The maximum absolute atomic E-state index is 3.79. The zero-order chi connectivity index (χ0) is 24.3. The van der Waals surface area contributed by atoms with E-state index in [1.807, 2.05) is 0 Å². The topological polar surface area (TPSA) is 6.48 Å². The summed E-state index contributed by atoms with van der Waals surface area (Å²) in [5.41, 5.74) is 11.5. The van der Waals surface area contributed by atoms with Crippen molar-refractivity contribution in [2.24, 2.45) is 0 Å². The van der Waals surface area contributed by atoms with Gasteiger partial charge in [-0.3, -0.25) is 0 Å². The maximum atomic E-state index is 3.79. The van der Waals surface area contributed by atoms with E-state index in [0.717, 1.165) is 13.1 Å². The summed E-state index contributed by atoms with van der Waals surface area (Å²) >= 11 is 0. The fourth-order valence-corrected chi connectivity index (χ4v) is 4.28. The predicted octanol–water partition coefficient (Wildman–Crippen LogP) is 1.11. The Labute approximate surface area is 267 Å². The first-order chi connectivity index (χ1) is 15.1. The third kappa shape index (κ3) is 15.3. The molecular weight excluding hydrogens is 555 g/mol. The summed E-state index contributed by atoms with van der Waals surface area (Å²) in [6.45, 7) is 32.1. The zero-order valence-electron chi connectivity index (χ0n) is 24.3. The number of halogens is 2. The van der Waals surface area contributed by atoms with E-state index < -0.39 is 0 Å². The normalized spacial score (nSPS) is 14.3. The molecule has 2 aliphatic heterocycles. The van der Waals surface area contributed by atoms with Crippen LogP contribution >= 0.6 is 0 Å². The monoisotopic (exact) mass is 604 g/mol. The molecule has 0 atom stereocenters. The SMILES string of the molecule is Cc1[cH-]c(C)c(C)c1C.Cc1[cH-]c(C)c(C)c1C.[CH2-]CN1CCCC1.[CH2-]CN1CCCC1.[Cl-].[Cl-].[Ti+3].[Ti+3]. The first kappa shape index (κ1) is 43.7. The molecule has 2 aromatic carbocycles. The molecule has 0 unspecified atom stereocenters. The van der Waals surface area contributed by atoms with E-state index in [1.165, 1.54) is 96.4 Å². The summed E-state index contributed by atoms with van der Waals surface area (Å²) in [5.74, 6) is 0. The average Bonchev–Trinajstić information content (AvgIpc) is 3.57. The molecule has 0 N–H and O–H groups in total. The van der Waals surface area contributed by atoms with Gasteiger partial charge in [-0.15, -0.1) is 13.1 Å². The van der Waals surface area contributed by atoms with Gasteiger partial charge in [0.25, 0.3) is 0 Å². The van der Waals surface area contributed by atoms with Crippen molar-refractivity contribution in [1.82, 2.24) is 9.80 Å². The summed E-state index contributed by atoms with van der Waals surface area (Å²) in [4.78, 5) is 4.75. The van der Waals surface area contributed by atoms with Gasteiger partial charge in [-0.05, 0) is 51.9 Å². The van der Waals surface area contributed by atoms with Crippen molar-refractivity contribution >= 4 is 0 Å². The van der Waals surface area contributed by atoms with Crippen LogP contribution in [0.25, 0.3) is 0 Å². The number of aryl methyl sites for hydroxylation is 4. The van der Waals surface area contributed by atoms with Crippen molar-refractivity contribution in [2.75, 3.05) is 39.3 Å². The summed E-state index contributed by atoms with van der Waals surface area (Å²) in [5, 5.41) is 0. The molecule has 0 bridgehead atoms. The molecule has 0 saturated carbocycles. The smallest absolute Gasteiger partial charge is 1.00 e. The van der Waals surface area contributed by atoms with Gasteiger partial charge in [-0.25, -0.2) is 0 Å². The van der Waals surface area contributed by atoms with Gasteiger partial charge in [0.1, 0.15) is 0 Å². The molecule has 2 aliphatic rings. The second-order valence-electron chi connectivity index (χ2n) is 9.62. The Morgan fingerprint density at radius 3 is 0.778 bits per heavy atom. The molecule has 2 fully saturated rings. The molecule has 2 radical (unpaired) electrons. The van der Waals surface area contributed by atoms with Gasteiger partial charge in [-0.1, -0.05) is 55.4 Å². The molecule has 202 valence electrons. The van der Waals surface area contributed by atoms with E-state index in [1.54, 1.807) is 0 Å². The zero-order valence-corrected chi connectivity index (χ0v) is 28.9. The summed E-state index contributed by atoms with van der Waals surface area (Å²) in [7, 11) is 0. The van der Waals surface area contributed by atoms with Gasteiger partial charge in [0.2, 0.25) is 0 Å². The van der Waals surface area contributed by atoms with Crippen LogP contribution in [0.15, 0.2) is 12.1 Å². The fourth-order valence-electron chi connectivity index (χ4n) is 4.28. The Kier molecular flexibility index (Phi) is 28.5. The number of nitrogens with zero attached hydrogens (tertiary/aromatic N) is 2. The van der Waals surface area contributed by atoms with Crippen molar-refractivity contribution < 1.29 is 68.2 Å². The molecule has 0 amide bonds. The molecule has 4 rings (SSSR count). The quantitative estimate of drug-likeness (QED) is 0.375. The maximum Gasteiger partial charge on any atom is 3.00 e. The molecule has 2 nitrogen and oxygen atoms in total. The van der Waals surface area contributed by atoms with Crippen LogP contribution in [0.4, 0.5) is 0 Å². The molecule has 2 heterocycles. The van der Waals surface area contributed by atoms with Gasteiger partial charge in [-0.2, -0.15) is 56.6 Å². The largest absolute Gasteiger partial charge is 3.00 e. The second-order valence-corrected chi connectivity index (χ2v) is 9.62. The van der Waals surface area contributed by atoms with Gasteiger partial charge < -0.3 is 48.5 Å². The molecule has 6 heteroatoms. The number of likely N-dealkylation sites (tertiary alicyclic amines) is 2. The molecule has 0 aromatic heterocycles. The Hall–Kier alpha value is 0.629. The van der Waals surface area contributed by atoms with Crippen LogP contribution < -0.4 is 24.8 Å². The number of rotatable bonds is 2. The van der Waals surface area contributed by atoms with Crippen LogP contribution in [-0.4, -0.2) is 49.1 Å². The van der Waals surface area contributed by atoms with Gasteiger partial charge in [0, 0.05) is 0 Å². The molecular formula is C30H50Cl2N2Ti2. The van der Waals surface area contributed by atoms with Crippen LogP contribution in [0.3, 0.4) is 0 Å². The molecule has 2 aromatic rings. The Morgan fingerprint density at radius 2 is 0.694 bits per heavy atom. The number of hydrogen-bond donors (Lipinski definition) is 0. The van der Waals surface area contributed by atoms with Crippen LogP contribution in [0, 0.1) is 69.2 Å².